The van der Waals surface area contributed by atoms with Crippen molar-refractivity contribution in [2.45, 2.75) is 6.18 Å². The maximum atomic E-state index is 12.9. The third kappa shape index (κ3) is 4.16. The highest BCUT2D eigenvalue weighted by Gasteiger charge is 2.31. The van der Waals surface area contributed by atoms with E-state index in [2.05, 4.69) is 5.32 Å². The number of carbonyl (C=O) groups excluding carboxylic acids is 1. The topological polar surface area (TPSA) is 52.9 Å². The van der Waals surface area contributed by atoms with Crippen molar-refractivity contribution in [2.75, 3.05) is 5.32 Å². The van der Waals surface area contributed by atoms with Crippen LogP contribution >= 0.6 is 11.6 Å². The van der Waals surface area contributed by atoms with E-state index in [9.17, 15) is 23.2 Å². The molecule has 0 aliphatic heterocycles. The molecule has 0 saturated carbocycles. The second-order valence-corrected chi connectivity index (χ2v) is 6.29. The third-order valence-electron chi connectivity index (χ3n) is 4.03. The molecule has 7 heteroatoms. The molecule has 3 aromatic rings. The van der Waals surface area contributed by atoms with E-state index >= 15 is 0 Å². The van der Waals surface area contributed by atoms with Crippen LogP contribution in [0.5, 0.6) is 0 Å². The van der Waals surface area contributed by atoms with Gasteiger partial charge in [-0.1, -0.05) is 54.1 Å². The van der Waals surface area contributed by atoms with E-state index in [4.69, 9.17) is 11.6 Å². The van der Waals surface area contributed by atoms with Crippen molar-refractivity contribution >= 4 is 40.0 Å². The minimum atomic E-state index is -4.58. The number of nitrogens with zero attached hydrogens (tertiary/aromatic N) is 1. The lowest BCUT2D eigenvalue weighted by atomic mass is 10.0. The molecule has 0 fully saturated rings. The molecular formula is C21H12ClF3N2O. The maximum Gasteiger partial charge on any atom is 0.416 e. The zero-order chi connectivity index (χ0) is 20.3. The summed E-state index contributed by atoms with van der Waals surface area (Å²) in [5.41, 5.74) is -0.797. The first-order chi connectivity index (χ1) is 13.3. The number of fused-ring (bicyclic) bond motifs is 1. The van der Waals surface area contributed by atoms with E-state index in [1.54, 1.807) is 18.2 Å². The first-order valence-corrected chi connectivity index (χ1v) is 8.45. The molecule has 140 valence electrons. The first-order valence-electron chi connectivity index (χ1n) is 8.07. The number of hydrogen-bond acceptors (Lipinski definition) is 2. The predicted octanol–water partition coefficient (Wildman–Crippen LogP) is 6.06. The number of alkyl halides is 3. The van der Waals surface area contributed by atoms with Gasteiger partial charge in [0.2, 0.25) is 0 Å². The zero-order valence-electron chi connectivity index (χ0n) is 14.2. The number of halogens is 4. The Kier molecular flexibility index (Phi) is 5.39. The summed E-state index contributed by atoms with van der Waals surface area (Å²) in [6.07, 6.45) is -3.19. The van der Waals surface area contributed by atoms with Gasteiger partial charge in [-0.25, -0.2) is 0 Å². The smallest absolute Gasteiger partial charge is 0.320 e. The Morgan fingerprint density at radius 1 is 1.07 bits per heavy atom. The van der Waals surface area contributed by atoms with Gasteiger partial charge in [0.15, 0.2) is 0 Å². The fraction of sp³-hybridized carbons (Fsp3) is 0.0476. The molecule has 0 atom stereocenters. The SMILES string of the molecule is N#C/C(=C\c1cccc2ccccc12)C(=O)Nc1cc(C(F)(F)F)ccc1Cl. The molecule has 0 saturated heterocycles. The summed E-state index contributed by atoms with van der Waals surface area (Å²) in [6.45, 7) is 0. The van der Waals surface area contributed by atoms with Crippen LogP contribution in [0.25, 0.3) is 16.8 Å². The van der Waals surface area contributed by atoms with E-state index in [-0.39, 0.29) is 16.3 Å². The molecule has 0 spiro atoms. The van der Waals surface area contributed by atoms with Gasteiger partial charge in [0.05, 0.1) is 16.3 Å². The van der Waals surface area contributed by atoms with Gasteiger partial charge in [0.25, 0.3) is 5.91 Å². The van der Waals surface area contributed by atoms with Crippen molar-refractivity contribution in [1.82, 2.24) is 0 Å². The Morgan fingerprint density at radius 2 is 1.79 bits per heavy atom. The highest BCUT2D eigenvalue weighted by molar-refractivity contribution is 6.34. The minimum absolute atomic E-state index is 0.0659. The summed E-state index contributed by atoms with van der Waals surface area (Å²) < 4.78 is 38.6. The van der Waals surface area contributed by atoms with Crippen LogP contribution in [-0.2, 0) is 11.0 Å². The second kappa shape index (κ2) is 7.75. The van der Waals surface area contributed by atoms with Gasteiger partial charge >= 0.3 is 6.18 Å². The van der Waals surface area contributed by atoms with Crippen molar-refractivity contribution < 1.29 is 18.0 Å². The first kappa shape index (κ1) is 19.5. The van der Waals surface area contributed by atoms with Gasteiger partial charge in [0, 0.05) is 0 Å². The highest BCUT2D eigenvalue weighted by atomic mass is 35.5. The van der Waals surface area contributed by atoms with Gasteiger partial charge in [-0.05, 0) is 40.6 Å². The van der Waals surface area contributed by atoms with Crippen LogP contribution in [0.15, 0.2) is 66.2 Å². The number of nitrogens with one attached hydrogen (secondary N) is 1. The number of amides is 1. The summed E-state index contributed by atoms with van der Waals surface area (Å²) in [4.78, 5) is 12.5. The molecule has 0 aromatic heterocycles. The van der Waals surface area contributed by atoms with Gasteiger partial charge in [-0.2, -0.15) is 18.4 Å². The molecule has 1 N–H and O–H groups in total. The van der Waals surface area contributed by atoms with Crippen molar-refractivity contribution in [2.24, 2.45) is 0 Å². The zero-order valence-corrected chi connectivity index (χ0v) is 15.0. The summed E-state index contributed by atoms with van der Waals surface area (Å²) in [5, 5.41) is 13.3. The highest BCUT2D eigenvalue weighted by Crippen LogP contribution is 2.34. The average Bonchev–Trinajstić information content (AvgIpc) is 2.66. The number of rotatable bonds is 3. The number of carbonyl (C=O) groups is 1. The molecule has 0 aliphatic carbocycles. The summed E-state index contributed by atoms with van der Waals surface area (Å²) in [6, 6.07) is 17.2. The van der Waals surface area contributed by atoms with Crippen LogP contribution in [0.4, 0.5) is 18.9 Å². The van der Waals surface area contributed by atoms with Gasteiger partial charge in [0.1, 0.15) is 11.6 Å². The van der Waals surface area contributed by atoms with E-state index in [1.807, 2.05) is 30.3 Å². The van der Waals surface area contributed by atoms with E-state index < -0.39 is 17.6 Å². The lowest BCUT2D eigenvalue weighted by molar-refractivity contribution is -0.137. The Balaban J connectivity index is 1.95. The van der Waals surface area contributed by atoms with Gasteiger partial charge < -0.3 is 5.32 Å². The third-order valence-corrected chi connectivity index (χ3v) is 4.36. The summed E-state index contributed by atoms with van der Waals surface area (Å²) >= 11 is 5.89. The van der Waals surface area contributed by atoms with Crippen molar-refractivity contribution in [3.63, 3.8) is 0 Å². The van der Waals surface area contributed by atoms with Gasteiger partial charge in [-0.15, -0.1) is 0 Å². The summed E-state index contributed by atoms with van der Waals surface area (Å²) in [7, 11) is 0. The second-order valence-electron chi connectivity index (χ2n) is 5.88. The predicted molar refractivity (Wildman–Crippen MR) is 103 cm³/mol. The lowest BCUT2D eigenvalue weighted by Gasteiger charge is -2.11. The van der Waals surface area contributed by atoms with E-state index in [0.29, 0.717) is 5.56 Å². The Hall–Kier alpha value is -3.30. The van der Waals surface area contributed by atoms with E-state index in [1.165, 1.54) is 6.08 Å². The van der Waals surface area contributed by atoms with Crippen LogP contribution in [0.2, 0.25) is 5.02 Å². The number of nitriles is 1. The van der Waals surface area contributed by atoms with Crippen molar-refractivity contribution in [1.29, 1.82) is 5.26 Å². The van der Waals surface area contributed by atoms with Crippen LogP contribution in [0, 0.1) is 11.3 Å². The van der Waals surface area contributed by atoms with E-state index in [0.717, 1.165) is 29.0 Å². The monoisotopic (exact) mass is 400 g/mol. The molecule has 1 amide bonds. The van der Waals surface area contributed by atoms with Crippen LogP contribution in [0.1, 0.15) is 11.1 Å². The Bertz CT molecular complexity index is 1130. The Morgan fingerprint density at radius 3 is 2.50 bits per heavy atom. The van der Waals surface area contributed by atoms with Crippen molar-refractivity contribution in [3.8, 4) is 6.07 Å². The van der Waals surface area contributed by atoms with Gasteiger partial charge in [-0.3, -0.25) is 4.79 Å². The maximum absolute atomic E-state index is 12.9. The largest absolute Gasteiger partial charge is 0.416 e. The molecule has 3 nitrogen and oxygen atoms in total. The van der Waals surface area contributed by atoms with Crippen LogP contribution < -0.4 is 5.32 Å². The number of hydrogen-bond donors (Lipinski definition) is 1. The molecule has 0 radical (unpaired) electrons. The fourth-order valence-electron chi connectivity index (χ4n) is 2.67. The minimum Gasteiger partial charge on any atom is -0.320 e. The molecule has 3 aromatic carbocycles. The molecule has 0 aliphatic rings. The molecular weight excluding hydrogens is 389 g/mol. The molecule has 3 rings (SSSR count). The van der Waals surface area contributed by atoms with Crippen LogP contribution in [-0.4, -0.2) is 5.91 Å². The normalized spacial score (nSPS) is 11.9. The van der Waals surface area contributed by atoms with Crippen molar-refractivity contribution in [3.05, 3.63) is 82.4 Å². The molecule has 0 unspecified atom stereocenters. The summed E-state index contributed by atoms with van der Waals surface area (Å²) in [5.74, 6) is -0.850. The number of anilines is 1. The lowest BCUT2D eigenvalue weighted by Crippen LogP contribution is -2.15. The number of benzene rings is 3. The van der Waals surface area contributed by atoms with Crippen LogP contribution in [0.3, 0.4) is 0 Å². The Labute approximate surface area is 163 Å². The average molecular weight is 401 g/mol. The molecule has 28 heavy (non-hydrogen) atoms. The standard InChI is InChI=1S/C21H12ClF3N2O/c22-18-9-8-16(21(23,24)25)11-19(18)27-20(28)15(12-26)10-14-6-3-5-13-4-1-2-7-17(13)14/h1-11H,(H,27,28)/b15-10+. The fourth-order valence-corrected chi connectivity index (χ4v) is 2.83. The molecule has 0 bridgehead atoms. The quantitative estimate of drug-likeness (QED) is 0.429. The molecule has 0 heterocycles.